The number of alkyl halides is 3. The third kappa shape index (κ3) is 4.98. The van der Waals surface area contributed by atoms with Crippen LogP contribution in [-0.2, 0) is 13.1 Å². The topological polar surface area (TPSA) is 73.4 Å². The number of halogens is 5. The van der Waals surface area contributed by atoms with Crippen molar-refractivity contribution in [3.63, 3.8) is 0 Å². The van der Waals surface area contributed by atoms with Gasteiger partial charge in [-0.3, -0.25) is 0 Å². The molecule has 2 atom stereocenters. The summed E-state index contributed by atoms with van der Waals surface area (Å²) in [5, 5.41) is 5.90. The molecule has 1 fully saturated rings. The average Bonchev–Trinajstić information content (AvgIpc) is 3.07. The van der Waals surface area contributed by atoms with E-state index in [-0.39, 0.29) is 48.9 Å². The number of benzene rings is 1. The first-order valence-corrected chi connectivity index (χ1v) is 10.9. The first-order chi connectivity index (χ1) is 15.7. The molecule has 2 aliphatic rings. The molecule has 1 saturated heterocycles. The Kier molecular flexibility index (Phi) is 6.89. The maximum atomic E-state index is 14.6. The van der Waals surface area contributed by atoms with Gasteiger partial charge in [0.2, 0.25) is 5.28 Å². The second-order valence-electron chi connectivity index (χ2n) is 8.07. The molecule has 2 aliphatic heterocycles. The number of urea groups is 1. The van der Waals surface area contributed by atoms with Crippen LogP contribution in [-0.4, -0.2) is 58.1 Å². The molecule has 1 aromatic carbocycles. The van der Waals surface area contributed by atoms with Gasteiger partial charge < -0.3 is 20.4 Å². The van der Waals surface area contributed by atoms with Gasteiger partial charge in [-0.05, 0) is 18.5 Å². The number of aromatic nitrogens is 2. The zero-order valence-electron chi connectivity index (χ0n) is 17.8. The maximum Gasteiger partial charge on any atom is 0.320 e. The van der Waals surface area contributed by atoms with Gasteiger partial charge in [-0.2, -0.15) is 0 Å². The molecule has 0 aliphatic carbocycles. The fraction of sp³-hybridized carbons (Fsp3) is 0.476. The molecule has 0 radical (unpaired) electrons. The Labute approximate surface area is 193 Å². The molecule has 178 valence electrons. The van der Waals surface area contributed by atoms with Crippen molar-refractivity contribution < 1.29 is 22.4 Å². The van der Waals surface area contributed by atoms with Gasteiger partial charge in [0.05, 0.1) is 36.9 Å². The van der Waals surface area contributed by atoms with Crippen LogP contribution in [0, 0.1) is 5.82 Å². The quantitative estimate of drug-likeness (QED) is 0.504. The van der Waals surface area contributed by atoms with Gasteiger partial charge in [0.25, 0.3) is 6.43 Å². The van der Waals surface area contributed by atoms with Gasteiger partial charge in [0, 0.05) is 30.8 Å². The van der Waals surface area contributed by atoms with Gasteiger partial charge in [-0.1, -0.05) is 18.2 Å². The van der Waals surface area contributed by atoms with Crippen molar-refractivity contribution in [2.45, 2.75) is 38.7 Å². The molecule has 0 saturated carbocycles. The molecule has 1 aromatic heterocycles. The smallest absolute Gasteiger partial charge is 0.320 e. The van der Waals surface area contributed by atoms with Gasteiger partial charge in [-0.25, -0.2) is 32.3 Å². The van der Waals surface area contributed by atoms with Crippen molar-refractivity contribution in [3.05, 3.63) is 51.7 Å². The monoisotopic (exact) mass is 486 g/mol. The molecule has 2 aromatic rings. The summed E-state index contributed by atoms with van der Waals surface area (Å²) >= 11 is 6.07. The SMILES string of the molecule is C[C@@H](Nc1nc(Cl)nc2c1CN(C(=O)N1CCNCC(F)C1)C2)c1cccc(C(F)F)c1F. The fourth-order valence-corrected chi connectivity index (χ4v) is 4.26. The summed E-state index contributed by atoms with van der Waals surface area (Å²) in [4.78, 5) is 24.3. The highest BCUT2D eigenvalue weighted by molar-refractivity contribution is 6.28. The first kappa shape index (κ1) is 23.5. The van der Waals surface area contributed by atoms with Crippen LogP contribution in [0.1, 0.15) is 41.8 Å². The molecule has 0 bridgehead atoms. The largest absolute Gasteiger partial charge is 0.363 e. The van der Waals surface area contributed by atoms with E-state index in [2.05, 4.69) is 20.6 Å². The van der Waals surface area contributed by atoms with Crippen LogP contribution in [0.5, 0.6) is 0 Å². The van der Waals surface area contributed by atoms with E-state index in [0.717, 1.165) is 6.07 Å². The maximum absolute atomic E-state index is 14.6. The Bertz CT molecular complexity index is 1040. The predicted octanol–water partition coefficient (Wildman–Crippen LogP) is 4.06. The molecule has 33 heavy (non-hydrogen) atoms. The van der Waals surface area contributed by atoms with E-state index in [4.69, 9.17) is 11.6 Å². The lowest BCUT2D eigenvalue weighted by molar-refractivity contribution is 0.144. The van der Waals surface area contributed by atoms with Crippen LogP contribution >= 0.6 is 11.6 Å². The molecule has 4 rings (SSSR count). The van der Waals surface area contributed by atoms with E-state index >= 15 is 0 Å². The highest BCUT2D eigenvalue weighted by atomic mass is 35.5. The summed E-state index contributed by atoms with van der Waals surface area (Å²) in [6.45, 7) is 2.98. The minimum absolute atomic E-state index is 0.00694. The lowest BCUT2D eigenvalue weighted by Crippen LogP contribution is -2.43. The fourth-order valence-electron chi connectivity index (χ4n) is 4.08. The van der Waals surface area contributed by atoms with Crippen LogP contribution in [0.4, 0.5) is 28.2 Å². The molecule has 3 heterocycles. The number of rotatable bonds is 4. The van der Waals surface area contributed by atoms with Crippen molar-refractivity contribution in [1.29, 1.82) is 0 Å². The van der Waals surface area contributed by atoms with Gasteiger partial charge in [-0.15, -0.1) is 0 Å². The summed E-state index contributed by atoms with van der Waals surface area (Å²) < 4.78 is 54.7. The average molecular weight is 487 g/mol. The van der Waals surface area contributed by atoms with Crippen LogP contribution in [0.25, 0.3) is 0 Å². The van der Waals surface area contributed by atoms with Crippen molar-refractivity contribution in [2.24, 2.45) is 0 Å². The third-order valence-electron chi connectivity index (χ3n) is 5.75. The Hall–Kier alpha value is -2.66. The normalized spacial score (nSPS) is 19.4. The van der Waals surface area contributed by atoms with E-state index in [9.17, 15) is 22.4 Å². The molecule has 1 unspecified atom stereocenters. The predicted molar refractivity (Wildman–Crippen MR) is 114 cm³/mol. The third-order valence-corrected chi connectivity index (χ3v) is 5.92. The van der Waals surface area contributed by atoms with E-state index < -0.39 is 30.0 Å². The number of hydrogen-bond acceptors (Lipinski definition) is 5. The molecule has 2 N–H and O–H groups in total. The van der Waals surface area contributed by atoms with E-state index in [1.54, 1.807) is 6.92 Å². The second kappa shape index (κ2) is 9.68. The molecular weight excluding hydrogens is 464 g/mol. The lowest BCUT2D eigenvalue weighted by Gasteiger charge is -2.27. The van der Waals surface area contributed by atoms with E-state index in [1.165, 1.54) is 21.9 Å². The zero-order valence-corrected chi connectivity index (χ0v) is 18.5. The van der Waals surface area contributed by atoms with E-state index in [0.29, 0.717) is 24.3 Å². The highest BCUT2D eigenvalue weighted by Crippen LogP contribution is 2.33. The number of nitrogens with zero attached hydrogens (tertiary/aromatic N) is 4. The summed E-state index contributed by atoms with van der Waals surface area (Å²) in [6.07, 6.45) is -4.10. The summed E-state index contributed by atoms with van der Waals surface area (Å²) in [5.41, 5.74) is 0.481. The minimum Gasteiger partial charge on any atom is -0.363 e. The molecular formula is C21H23ClF4N6O. The summed E-state index contributed by atoms with van der Waals surface area (Å²) in [7, 11) is 0. The number of hydrogen-bond donors (Lipinski definition) is 2. The zero-order chi connectivity index (χ0) is 23.7. The summed E-state index contributed by atoms with van der Waals surface area (Å²) in [5.74, 6) is -0.702. The van der Waals surface area contributed by atoms with Crippen molar-refractivity contribution in [1.82, 2.24) is 25.1 Å². The Morgan fingerprint density at radius 2 is 2.00 bits per heavy atom. The number of nitrogens with one attached hydrogen (secondary N) is 2. The Morgan fingerprint density at radius 1 is 1.24 bits per heavy atom. The first-order valence-electron chi connectivity index (χ1n) is 10.5. The van der Waals surface area contributed by atoms with Crippen LogP contribution in [0.3, 0.4) is 0 Å². The highest BCUT2D eigenvalue weighted by Gasteiger charge is 2.33. The number of amides is 2. The number of fused-ring (bicyclic) bond motifs is 1. The van der Waals surface area contributed by atoms with Crippen LogP contribution < -0.4 is 10.6 Å². The standard InChI is InChI=1S/C21H23ClF4N6O/c1-11(13-3-2-4-14(17(13)24)18(25)26)28-19-15-9-32(10-16(15)29-20(22)30-19)21(33)31-6-5-27-7-12(23)8-31/h2-4,11-12,18,27H,5-10H2,1H3,(H,28,29,30)/t11-,12?/m1/s1. The van der Waals surface area contributed by atoms with Gasteiger partial charge in [0.1, 0.15) is 17.8 Å². The Morgan fingerprint density at radius 3 is 2.76 bits per heavy atom. The van der Waals surface area contributed by atoms with Crippen molar-refractivity contribution in [3.8, 4) is 0 Å². The van der Waals surface area contributed by atoms with Gasteiger partial charge in [0.15, 0.2) is 0 Å². The molecule has 12 heteroatoms. The molecule has 7 nitrogen and oxygen atoms in total. The van der Waals surface area contributed by atoms with Gasteiger partial charge >= 0.3 is 6.03 Å². The van der Waals surface area contributed by atoms with Crippen molar-refractivity contribution in [2.75, 3.05) is 31.5 Å². The van der Waals surface area contributed by atoms with E-state index in [1.807, 2.05) is 0 Å². The number of carbonyl (C=O) groups is 1. The Balaban J connectivity index is 1.54. The van der Waals surface area contributed by atoms with Crippen molar-refractivity contribution >= 4 is 23.4 Å². The molecule has 2 amide bonds. The molecule has 0 spiro atoms. The van der Waals surface area contributed by atoms with Crippen LogP contribution in [0.2, 0.25) is 5.28 Å². The minimum atomic E-state index is -2.94. The van der Waals surface area contributed by atoms with Crippen LogP contribution in [0.15, 0.2) is 18.2 Å². The number of anilines is 1. The number of carbonyl (C=O) groups excluding carboxylic acids is 1. The summed E-state index contributed by atoms with van der Waals surface area (Å²) in [6, 6.07) is 2.78. The second-order valence-corrected chi connectivity index (χ2v) is 8.41. The lowest BCUT2D eigenvalue weighted by atomic mass is 10.0.